The minimum Gasteiger partial charge on any atom is -0.487 e. The number of hydrogen-bond acceptors (Lipinski definition) is 7. The second kappa shape index (κ2) is 8.14. The third kappa shape index (κ3) is 3.85. The molecule has 4 aromatic heterocycles. The predicted octanol–water partition coefficient (Wildman–Crippen LogP) is 2.30. The van der Waals surface area contributed by atoms with Gasteiger partial charge in [-0.3, -0.25) is 14.5 Å². The smallest absolute Gasteiger partial charge is 0.289 e. The van der Waals surface area contributed by atoms with Crippen LogP contribution in [0.25, 0.3) is 16.9 Å². The molecular weight excluding hydrogens is 446 g/mol. The fourth-order valence-corrected chi connectivity index (χ4v) is 3.73. The van der Waals surface area contributed by atoms with E-state index in [1.54, 1.807) is 25.5 Å². The SMILES string of the molecule is Cc1cnc(C(=O)N[C@H]2COc3cc(Cl)cnc3N(C)C2=O)nc1-c1ccc2nccn2c1. The van der Waals surface area contributed by atoms with Gasteiger partial charge >= 0.3 is 0 Å². The van der Waals surface area contributed by atoms with E-state index in [2.05, 4.69) is 25.3 Å². The van der Waals surface area contributed by atoms with Crippen molar-refractivity contribution in [2.24, 2.45) is 0 Å². The van der Waals surface area contributed by atoms with Crippen LogP contribution >= 0.6 is 11.6 Å². The van der Waals surface area contributed by atoms with Gasteiger partial charge in [-0.05, 0) is 24.6 Å². The number of anilines is 1. The van der Waals surface area contributed by atoms with Gasteiger partial charge in [-0.15, -0.1) is 0 Å². The number of fused-ring (bicyclic) bond motifs is 2. The quantitative estimate of drug-likeness (QED) is 0.495. The Kier molecular flexibility index (Phi) is 5.14. The highest BCUT2D eigenvalue weighted by molar-refractivity contribution is 6.30. The van der Waals surface area contributed by atoms with Gasteiger partial charge in [0.25, 0.3) is 11.8 Å². The van der Waals surface area contributed by atoms with E-state index >= 15 is 0 Å². The predicted molar refractivity (Wildman–Crippen MR) is 120 cm³/mol. The van der Waals surface area contributed by atoms with E-state index < -0.39 is 11.9 Å². The Bertz CT molecular complexity index is 1400. The molecule has 2 amide bonds. The fourth-order valence-electron chi connectivity index (χ4n) is 3.58. The molecule has 0 saturated heterocycles. The molecule has 10 nitrogen and oxygen atoms in total. The van der Waals surface area contributed by atoms with Gasteiger partial charge in [-0.25, -0.2) is 19.9 Å². The van der Waals surface area contributed by atoms with Gasteiger partial charge in [0.2, 0.25) is 5.82 Å². The van der Waals surface area contributed by atoms with Crippen LogP contribution in [0.15, 0.2) is 49.2 Å². The molecule has 5 rings (SSSR count). The van der Waals surface area contributed by atoms with Crippen molar-refractivity contribution in [1.82, 2.24) is 29.7 Å². The van der Waals surface area contributed by atoms with E-state index in [4.69, 9.17) is 16.3 Å². The minimum absolute atomic E-state index is 0.0558. The minimum atomic E-state index is -0.953. The van der Waals surface area contributed by atoms with Gasteiger partial charge in [0.05, 0.1) is 10.7 Å². The molecule has 166 valence electrons. The summed E-state index contributed by atoms with van der Waals surface area (Å²) in [5, 5.41) is 3.05. The zero-order chi connectivity index (χ0) is 23.1. The lowest BCUT2D eigenvalue weighted by Gasteiger charge is -2.19. The third-order valence-corrected chi connectivity index (χ3v) is 5.50. The van der Waals surface area contributed by atoms with Crippen molar-refractivity contribution in [2.45, 2.75) is 13.0 Å². The summed E-state index contributed by atoms with van der Waals surface area (Å²) in [5.41, 5.74) is 3.02. The molecule has 5 heterocycles. The zero-order valence-corrected chi connectivity index (χ0v) is 18.4. The summed E-state index contributed by atoms with van der Waals surface area (Å²) in [6.07, 6.45) is 8.42. The number of nitrogens with one attached hydrogen (secondary N) is 1. The molecule has 1 aliphatic rings. The van der Waals surface area contributed by atoms with Crippen LogP contribution in [-0.4, -0.2) is 55.8 Å². The van der Waals surface area contributed by atoms with Gasteiger partial charge in [0.15, 0.2) is 11.6 Å². The lowest BCUT2D eigenvalue weighted by Crippen LogP contribution is -2.49. The highest BCUT2D eigenvalue weighted by atomic mass is 35.5. The van der Waals surface area contributed by atoms with E-state index in [9.17, 15) is 9.59 Å². The molecule has 1 aliphatic heterocycles. The molecule has 0 radical (unpaired) electrons. The van der Waals surface area contributed by atoms with Crippen molar-refractivity contribution in [3.8, 4) is 17.0 Å². The second-order valence-corrected chi connectivity index (χ2v) is 7.98. The Morgan fingerprint density at radius 1 is 1.24 bits per heavy atom. The maximum Gasteiger partial charge on any atom is 0.289 e. The van der Waals surface area contributed by atoms with Crippen molar-refractivity contribution >= 4 is 34.9 Å². The molecule has 11 heteroatoms. The fraction of sp³-hybridized carbons (Fsp3) is 0.182. The second-order valence-electron chi connectivity index (χ2n) is 7.55. The Balaban J connectivity index is 1.40. The van der Waals surface area contributed by atoms with Crippen LogP contribution in [0.1, 0.15) is 16.2 Å². The van der Waals surface area contributed by atoms with Crippen molar-refractivity contribution < 1.29 is 14.3 Å². The van der Waals surface area contributed by atoms with Gasteiger partial charge in [0.1, 0.15) is 18.3 Å². The molecule has 0 saturated carbocycles. The Labute approximate surface area is 193 Å². The van der Waals surface area contributed by atoms with Crippen LogP contribution in [0, 0.1) is 6.92 Å². The lowest BCUT2D eigenvalue weighted by molar-refractivity contribution is -0.120. The molecule has 1 N–H and O–H groups in total. The average molecular weight is 464 g/mol. The van der Waals surface area contributed by atoms with E-state index in [-0.39, 0.29) is 18.3 Å². The number of rotatable bonds is 3. The van der Waals surface area contributed by atoms with Crippen LogP contribution in [0.5, 0.6) is 5.75 Å². The molecule has 0 aromatic carbocycles. The van der Waals surface area contributed by atoms with Crippen LogP contribution in [0.2, 0.25) is 5.02 Å². The third-order valence-electron chi connectivity index (χ3n) is 5.29. The van der Waals surface area contributed by atoms with E-state index in [1.807, 2.05) is 35.9 Å². The average Bonchev–Trinajstić information content (AvgIpc) is 3.25. The van der Waals surface area contributed by atoms with Crippen molar-refractivity contribution in [3.63, 3.8) is 0 Å². The number of ether oxygens (including phenoxy) is 1. The Morgan fingerprint density at radius 3 is 2.94 bits per heavy atom. The molecule has 0 spiro atoms. The van der Waals surface area contributed by atoms with Gasteiger partial charge in [-0.1, -0.05) is 11.6 Å². The number of likely N-dealkylation sites (N-methyl/N-ethyl adjacent to an activating group) is 1. The van der Waals surface area contributed by atoms with Crippen molar-refractivity contribution in [2.75, 3.05) is 18.6 Å². The van der Waals surface area contributed by atoms with E-state index in [0.29, 0.717) is 22.3 Å². The Hall–Kier alpha value is -4.05. The van der Waals surface area contributed by atoms with Crippen LogP contribution in [-0.2, 0) is 4.79 Å². The molecule has 0 fully saturated rings. The summed E-state index contributed by atoms with van der Waals surface area (Å²) in [4.78, 5) is 44.2. The zero-order valence-electron chi connectivity index (χ0n) is 17.7. The number of aromatic nitrogens is 5. The largest absolute Gasteiger partial charge is 0.487 e. The monoisotopic (exact) mass is 463 g/mol. The Morgan fingerprint density at radius 2 is 2.09 bits per heavy atom. The molecular formula is C22H18ClN7O3. The molecule has 33 heavy (non-hydrogen) atoms. The van der Waals surface area contributed by atoms with Crippen LogP contribution in [0.3, 0.4) is 0 Å². The molecule has 1 atom stereocenters. The maximum atomic E-state index is 13.0. The summed E-state index contributed by atoms with van der Waals surface area (Å²) in [5.74, 6) is -0.342. The number of halogens is 1. The van der Waals surface area contributed by atoms with Crippen LogP contribution < -0.4 is 15.0 Å². The molecule has 0 bridgehead atoms. The number of carbonyl (C=O) groups is 2. The number of nitrogens with zero attached hydrogens (tertiary/aromatic N) is 6. The van der Waals surface area contributed by atoms with E-state index in [1.165, 1.54) is 11.1 Å². The summed E-state index contributed by atoms with van der Waals surface area (Å²) >= 11 is 5.98. The van der Waals surface area contributed by atoms with Crippen LogP contribution in [0.4, 0.5) is 5.82 Å². The highest BCUT2D eigenvalue weighted by Crippen LogP contribution is 2.30. The summed E-state index contributed by atoms with van der Waals surface area (Å²) in [6, 6.07) is 4.37. The summed E-state index contributed by atoms with van der Waals surface area (Å²) in [6.45, 7) is 1.78. The first-order valence-corrected chi connectivity index (χ1v) is 10.4. The molecule has 0 aliphatic carbocycles. The number of carbonyl (C=O) groups excluding carboxylic acids is 2. The highest BCUT2D eigenvalue weighted by Gasteiger charge is 2.32. The molecule has 4 aromatic rings. The number of amides is 2. The van der Waals surface area contributed by atoms with Crippen molar-refractivity contribution in [3.05, 3.63) is 65.6 Å². The summed E-state index contributed by atoms with van der Waals surface area (Å²) < 4.78 is 7.56. The van der Waals surface area contributed by atoms with Gasteiger partial charge < -0.3 is 14.5 Å². The number of imidazole rings is 1. The van der Waals surface area contributed by atoms with Crippen molar-refractivity contribution in [1.29, 1.82) is 0 Å². The standard InChI is InChI=1S/C22H18ClN7O3/c1-12-8-25-19(28-18(12)13-3-4-17-24-5-6-30(17)10-13)21(31)27-15-11-33-16-7-14(23)9-26-20(16)29(2)22(15)32/h3-10,15H,11H2,1-2H3,(H,27,31)/t15-/m0/s1. The first-order valence-electron chi connectivity index (χ1n) is 10.0. The first kappa shape index (κ1) is 20.8. The maximum absolute atomic E-state index is 13.0. The van der Waals surface area contributed by atoms with E-state index in [0.717, 1.165) is 16.8 Å². The lowest BCUT2D eigenvalue weighted by atomic mass is 10.1. The normalized spacial score (nSPS) is 15.7. The van der Waals surface area contributed by atoms with Gasteiger partial charge in [0, 0.05) is 49.7 Å². The number of hydrogen-bond donors (Lipinski definition) is 1. The number of pyridine rings is 2. The molecule has 0 unspecified atom stereocenters. The number of aryl methyl sites for hydroxylation is 1. The van der Waals surface area contributed by atoms with Gasteiger partial charge in [-0.2, -0.15) is 0 Å². The first-order chi connectivity index (χ1) is 15.9. The summed E-state index contributed by atoms with van der Waals surface area (Å²) in [7, 11) is 1.56. The topological polar surface area (TPSA) is 115 Å².